The number of halogens is 1. The molecule has 4 saturated carbocycles. The molecular weight excluding hydrogens is 451 g/mol. The minimum atomic E-state index is -0.400. The van der Waals surface area contributed by atoms with Gasteiger partial charge >= 0.3 is 5.69 Å². The first-order valence-corrected chi connectivity index (χ1v) is 12.1. The molecule has 1 aromatic carbocycles. The Morgan fingerprint density at radius 2 is 1.91 bits per heavy atom. The quantitative estimate of drug-likeness (QED) is 0.397. The molecule has 0 saturated heterocycles. The van der Waals surface area contributed by atoms with E-state index in [2.05, 4.69) is 15.5 Å². The summed E-state index contributed by atoms with van der Waals surface area (Å²) in [6, 6.07) is 8.03. The van der Waals surface area contributed by atoms with Crippen LogP contribution in [0.25, 0.3) is 0 Å². The zero-order valence-electron chi connectivity index (χ0n) is 19.3. The highest BCUT2D eigenvalue weighted by atomic mass is 19.1. The van der Waals surface area contributed by atoms with E-state index in [0.717, 1.165) is 37.7 Å². The molecule has 0 radical (unpaired) electrons. The highest BCUT2D eigenvalue weighted by molar-refractivity contribution is 5.90. The van der Waals surface area contributed by atoms with Crippen molar-refractivity contribution in [3.63, 3.8) is 0 Å². The van der Waals surface area contributed by atoms with Crippen molar-refractivity contribution < 1.29 is 14.1 Å². The monoisotopic (exact) mass is 478 g/mol. The number of nitrogens with zero attached hydrogens (tertiary/aromatic N) is 5. The summed E-state index contributed by atoms with van der Waals surface area (Å²) in [5, 5.41) is 23.0. The van der Waals surface area contributed by atoms with Crippen molar-refractivity contribution in [3.8, 4) is 0 Å². The van der Waals surface area contributed by atoms with Crippen LogP contribution in [0, 0.1) is 33.2 Å². The lowest BCUT2D eigenvalue weighted by molar-refractivity contribution is -0.385. The second kappa shape index (κ2) is 8.00. The fraction of sp³-hybridized carbons (Fsp3) is 0.480. The Kier molecular flexibility index (Phi) is 5.01. The van der Waals surface area contributed by atoms with Crippen molar-refractivity contribution >= 4 is 17.4 Å². The lowest BCUT2D eigenvalue weighted by Gasteiger charge is -2.61. The van der Waals surface area contributed by atoms with Gasteiger partial charge in [0.15, 0.2) is 5.82 Å². The molecule has 182 valence electrons. The summed E-state index contributed by atoms with van der Waals surface area (Å²) in [6.45, 7) is 0.488. The lowest BCUT2D eigenvalue weighted by atomic mass is 9.46. The van der Waals surface area contributed by atoms with Crippen LogP contribution in [0.5, 0.6) is 0 Å². The van der Waals surface area contributed by atoms with Gasteiger partial charge in [0.1, 0.15) is 18.2 Å². The van der Waals surface area contributed by atoms with E-state index < -0.39 is 4.92 Å². The van der Waals surface area contributed by atoms with Crippen LogP contribution in [0.4, 0.5) is 15.9 Å². The summed E-state index contributed by atoms with van der Waals surface area (Å²) in [7, 11) is 0. The van der Waals surface area contributed by atoms with Crippen molar-refractivity contribution in [2.75, 3.05) is 5.32 Å². The third-order valence-electron chi connectivity index (χ3n) is 8.12. The predicted molar refractivity (Wildman–Crippen MR) is 125 cm³/mol. The van der Waals surface area contributed by atoms with E-state index in [1.807, 2.05) is 4.68 Å². The highest BCUT2D eigenvalue weighted by Crippen LogP contribution is 2.65. The molecule has 2 unspecified atom stereocenters. The maximum atomic E-state index is 13.1. The van der Waals surface area contributed by atoms with Crippen LogP contribution in [0.2, 0.25) is 0 Å². The van der Waals surface area contributed by atoms with Crippen LogP contribution in [-0.2, 0) is 16.9 Å². The Bertz CT molecular complexity index is 1270. The van der Waals surface area contributed by atoms with Crippen LogP contribution in [0.15, 0.2) is 48.9 Å². The fourth-order valence-electron chi connectivity index (χ4n) is 7.36. The summed E-state index contributed by atoms with van der Waals surface area (Å²) in [5.41, 5.74) is 0.579. The third-order valence-corrected chi connectivity index (χ3v) is 8.12. The molecule has 4 fully saturated rings. The molecule has 2 heterocycles. The molecule has 2 aromatic heterocycles. The lowest BCUT2D eigenvalue weighted by Crippen LogP contribution is -2.57. The van der Waals surface area contributed by atoms with Crippen molar-refractivity contribution in [1.29, 1.82) is 0 Å². The Labute approximate surface area is 201 Å². The van der Waals surface area contributed by atoms with Gasteiger partial charge in [0.2, 0.25) is 5.91 Å². The average molecular weight is 479 g/mol. The first-order valence-electron chi connectivity index (χ1n) is 12.1. The van der Waals surface area contributed by atoms with Gasteiger partial charge in [0, 0.05) is 18.7 Å². The van der Waals surface area contributed by atoms with Crippen LogP contribution in [0.3, 0.4) is 0 Å². The van der Waals surface area contributed by atoms with Gasteiger partial charge < -0.3 is 5.32 Å². The second-order valence-corrected chi connectivity index (χ2v) is 10.8. The van der Waals surface area contributed by atoms with Gasteiger partial charge in [-0.2, -0.15) is 10.2 Å². The number of carbonyl (C=O) groups is 1. The van der Waals surface area contributed by atoms with Crippen LogP contribution in [0.1, 0.15) is 50.5 Å². The van der Waals surface area contributed by atoms with E-state index in [4.69, 9.17) is 0 Å². The topological polar surface area (TPSA) is 108 Å². The zero-order chi connectivity index (χ0) is 24.2. The van der Waals surface area contributed by atoms with Gasteiger partial charge in [-0.15, -0.1) is 0 Å². The van der Waals surface area contributed by atoms with Crippen LogP contribution < -0.4 is 5.32 Å². The molecule has 9 nitrogen and oxygen atoms in total. The molecule has 1 amide bonds. The summed E-state index contributed by atoms with van der Waals surface area (Å²) in [5.74, 6) is 1.20. The smallest absolute Gasteiger partial charge is 0.307 e. The molecule has 2 atom stereocenters. The van der Waals surface area contributed by atoms with Crippen LogP contribution >= 0.6 is 0 Å². The minimum Gasteiger partial charge on any atom is -0.309 e. The van der Waals surface area contributed by atoms with E-state index in [-0.39, 0.29) is 28.4 Å². The van der Waals surface area contributed by atoms with E-state index in [9.17, 15) is 19.3 Å². The van der Waals surface area contributed by atoms with Crippen molar-refractivity contribution in [1.82, 2.24) is 19.6 Å². The molecule has 35 heavy (non-hydrogen) atoms. The molecule has 0 aliphatic heterocycles. The molecule has 4 aliphatic rings. The van der Waals surface area contributed by atoms with Crippen molar-refractivity contribution in [3.05, 3.63) is 70.4 Å². The number of rotatable bonds is 7. The van der Waals surface area contributed by atoms with E-state index in [1.165, 1.54) is 24.8 Å². The standard InChI is InChI=1S/C25H27FN6O3/c26-20-3-1-17(2-4-20)14-30-6-5-22(29-30)28-23(33)12-24-8-18-7-19(9-24)11-25(10-18,16-24)31-15-21(13-27-31)32(34)35/h1-6,13,15,18-19H,7-12,14,16H2,(H,28,29,33). The van der Waals surface area contributed by atoms with Gasteiger partial charge in [-0.25, -0.2) is 4.39 Å². The first-order chi connectivity index (χ1) is 16.8. The number of nitrogens with one attached hydrogen (secondary N) is 1. The average Bonchev–Trinajstić information content (AvgIpc) is 3.44. The number of nitro groups is 1. The number of hydrogen-bond donors (Lipinski definition) is 1. The Morgan fingerprint density at radius 1 is 1.17 bits per heavy atom. The number of anilines is 1. The Balaban J connectivity index is 1.15. The molecule has 4 bridgehead atoms. The number of aromatic nitrogens is 4. The summed E-state index contributed by atoms with van der Waals surface area (Å²) in [4.78, 5) is 23.9. The molecule has 0 spiro atoms. The van der Waals surface area contributed by atoms with E-state index in [0.29, 0.717) is 30.6 Å². The van der Waals surface area contributed by atoms with Crippen LogP contribution in [-0.4, -0.2) is 30.4 Å². The van der Waals surface area contributed by atoms with Crippen molar-refractivity contribution in [2.24, 2.45) is 17.3 Å². The van der Waals surface area contributed by atoms with Gasteiger partial charge in [0.25, 0.3) is 0 Å². The van der Waals surface area contributed by atoms with Gasteiger partial charge in [-0.1, -0.05) is 12.1 Å². The zero-order valence-corrected chi connectivity index (χ0v) is 19.3. The summed E-state index contributed by atoms with van der Waals surface area (Å²) < 4.78 is 16.7. The molecule has 1 N–H and O–H groups in total. The number of amides is 1. The minimum absolute atomic E-state index is 0.0174. The normalized spacial score (nSPS) is 28.8. The maximum absolute atomic E-state index is 13.1. The molecule has 10 heteroatoms. The largest absolute Gasteiger partial charge is 0.309 e. The molecule has 4 aliphatic carbocycles. The molecule has 7 rings (SSSR count). The summed E-state index contributed by atoms with van der Waals surface area (Å²) in [6.07, 6.45) is 11.1. The third kappa shape index (κ3) is 4.11. The van der Waals surface area contributed by atoms with Crippen molar-refractivity contribution in [2.45, 2.75) is 57.0 Å². The van der Waals surface area contributed by atoms with Gasteiger partial charge in [0.05, 0.1) is 17.0 Å². The predicted octanol–water partition coefficient (Wildman–Crippen LogP) is 4.50. The highest BCUT2D eigenvalue weighted by Gasteiger charge is 2.59. The maximum Gasteiger partial charge on any atom is 0.307 e. The molecular formula is C25H27FN6O3. The Hall–Kier alpha value is -3.56. The van der Waals surface area contributed by atoms with Gasteiger partial charge in [-0.05, 0) is 73.5 Å². The number of hydrogen-bond acceptors (Lipinski definition) is 5. The molecule has 3 aromatic rings. The van der Waals surface area contributed by atoms with E-state index >= 15 is 0 Å². The number of benzene rings is 1. The first kappa shape index (κ1) is 21.9. The van der Waals surface area contributed by atoms with Gasteiger partial charge in [-0.3, -0.25) is 24.3 Å². The second-order valence-electron chi connectivity index (χ2n) is 10.8. The fourth-order valence-corrected chi connectivity index (χ4v) is 7.36. The Morgan fingerprint density at radius 3 is 2.60 bits per heavy atom. The van der Waals surface area contributed by atoms with E-state index in [1.54, 1.807) is 35.3 Å². The summed E-state index contributed by atoms with van der Waals surface area (Å²) >= 11 is 0. The number of carbonyl (C=O) groups excluding carboxylic acids is 1. The SMILES string of the molecule is O=C(CC12CC3CC(C1)CC(n1cc([N+](=O)[O-])cn1)(C3)C2)Nc1ccn(Cc2ccc(F)cc2)n1.